The molecule has 2 aromatic carbocycles. The minimum Gasteiger partial charge on any atom is -0.306 e. The van der Waals surface area contributed by atoms with Crippen molar-refractivity contribution in [2.75, 3.05) is 5.32 Å². The number of anilines is 1. The molecule has 3 aromatic rings. The van der Waals surface area contributed by atoms with Crippen LogP contribution < -0.4 is 5.32 Å². The van der Waals surface area contributed by atoms with Gasteiger partial charge < -0.3 is 5.32 Å². The summed E-state index contributed by atoms with van der Waals surface area (Å²) in [6.07, 6.45) is 3.00. The number of benzene rings is 2. The summed E-state index contributed by atoms with van der Waals surface area (Å²) in [7, 11) is 0. The topological polar surface area (TPSA) is 46.9 Å². The van der Waals surface area contributed by atoms with E-state index in [0.717, 1.165) is 16.8 Å². The number of aryl methyl sites for hydroxylation is 1. The maximum Gasteiger partial charge on any atom is 0.249 e. The van der Waals surface area contributed by atoms with Crippen LogP contribution in [-0.2, 0) is 11.3 Å². The fourth-order valence-electron chi connectivity index (χ4n) is 2.43. The Labute approximate surface area is 155 Å². The van der Waals surface area contributed by atoms with Gasteiger partial charge >= 0.3 is 0 Å². The van der Waals surface area contributed by atoms with Gasteiger partial charge in [0.2, 0.25) is 5.91 Å². The summed E-state index contributed by atoms with van der Waals surface area (Å²) in [4.78, 5) is 12.0. The van der Waals surface area contributed by atoms with E-state index < -0.39 is 0 Å². The maximum atomic E-state index is 12.9. The molecule has 1 N–H and O–H groups in total. The molecule has 0 atom stereocenters. The van der Waals surface area contributed by atoms with Crippen molar-refractivity contribution in [1.82, 2.24) is 9.78 Å². The molecular formula is C20H17ClFN3O. The molecule has 0 aliphatic heterocycles. The van der Waals surface area contributed by atoms with Crippen LogP contribution in [0.3, 0.4) is 0 Å². The van der Waals surface area contributed by atoms with Crippen molar-refractivity contribution in [3.05, 3.63) is 88.3 Å². The molecule has 0 bridgehead atoms. The Morgan fingerprint density at radius 3 is 2.69 bits per heavy atom. The SMILES string of the molecule is Cc1cc(NC(=O)/C=C/c2ccc(F)cc2)nn1Cc1ccccc1Cl. The van der Waals surface area contributed by atoms with Crippen LogP contribution in [0.25, 0.3) is 6.08 Å². The molecule has 3 rings (SSSR count). The van der Waals surface area contributed by atoms with Crippen molar-refractivity contribution in [2.24, 2.45) is 0 Å². The second-order valence-electron chi connectivity index (χ2n) is 5.79. The summed E-state index contributed by atoms with van der Waals surface area (Å²) >= 11 is 6.18. The number of carbonyl (C=O) groups is 1. The number of hydrogen-bond acceptors (Lipinski definition) is 2. The van der Waals surface area contributed by atoms with Gasteiger partial charge in [0.15, 0.2) is 5.82 Å². The van der Waals surface area contributed by atoms with Crippen LogP contribution >= 0.6 is 11.6 Å². The van der Waals surface area contributed by atoms with Gasteiger partial charge in [-0.05, 0) is 42.3 Å². The Kier molecular flexibility index (Phi) is 5.49. The van der Waals surface area contributed by atoms with Crippen molar-refractivity contribution in [1.29, 1.82) is 0 Å². The fraction of sp³-hybridized carbons (Fsp3) is 0.100. The Bertz CT molecular complexity index is 948. The predicted molar refractivity (Wildman–Crippen MR) is 102 cm³/mol. The van der Waals surface area contributed by atoms with Crippen LogP contribution in [0.4, 0.5) is 10.2 Å². The molecule has 0 spiro atoms. The van der Waals surface area contributed by atoms with E-state index in [1.54, 1.807) is 29.0 Å². The van der Waals surface area contributed by atoms with Gasteiger partial charge in [-0.25, -0.2) is 4.39 Å². The van der Waals surface area contributed by atoms with Crippen LogP contribution in [0.15, 0.2) is 60.7 Å². The third-order valence-corrected chi connectivity index (χ3v) is 4.18. The lowest BCUT2D eigenvalue weighted by Gasteiger charge is -2.06. The number of halogens is 2. The Balaban J connectivity index is 1.66. The highest BCUT2D eigenvalue weighted by molar-refractivity contribution is 6.31. The van der Waals surface area contributed by atoms with Gasteiger partial charge in [-0.2, -0.15) is 5.10 Å². The smallest absolute Gasteiger partial charge is 0.249 e. The molecule has 0 unspecified atom stereocenters. The monoisotopic (exact) mass is 369 g/mol. The number of aromatic nitrogens is 2. The van der Waals surface area contributed by atoms with Gasteiger partial charge in [0, 0.05) is 22.9 Å². The maximum absolute atomic E-state index is 12.9. The lowest BCUT2D eigenvalue weighted by atomic mass is 10.2. The largest absolute Gasteiger partial charge is 0.306 e. The van der Waals surface area contributed by atoms with Crippen molar-refractivity contribution in [3.63, 3.8) is 0 Å². The number of carbonyl (C=O) groups excluding carboxylic acids is 1. The Morgan fingerprint density at radius 1 is 1.23 bits per heavy atom. The minimum atomic E-state index is -0.314. The van der Waals surface area contributed by atoms with Gasteiger partial charge in [0.05, 0.1) is 6.54 Å². The highest BCUT2D eigenvalue weighted by Gasteiger charge is 2.08. The molecule has 6 heteroatoms. The zero-order chi connectivity index (χ0) is 18.5. The quantitative estimate of drug-likeness (QED) is 0.663. The molecule has 1 heterocycles. The zero-order valence-corrected chi connectivity index (χ0v) is 14.9. The highest BCUT2D eigenvalue weighted by atomic mass is 35.5. The first kappa shape index (κ1) is 17.9. The molecule has 0 aliphatic carbocycles. The van der Waals surface area contributed by atoms with Gasteiger partial charge in [0.25, 0.3) is 0 Å². The molecular weight excluding hydrogens is 353 g/mol. The Hall–Kier alpha value is -2.92. The molecule has 1 aromatic heterocycles. The zero-order valence-electron chi connectivity index (χ0n) is 14.1. The van der Waals surface area contributed by atoms with Crippen LogP contribution in [0.1, 0.15) is 16.8 Å². The summed E-state index contributed by atoms with van der Waals surface area (Å²) in [5.74, 6) is -0.161. The molecule has 1 amide bonds. The number of nitrogens with zero attached hydrogens (tertiary/aromatic N) is 2. The summed E-state index contributed by atoms with van der Waals surface area (Å²) in [6, 6.07) is 15.2. The second kappa shape index (κ2) is 7.97. The minimum absolute atomic E-state index is 0.309. The molecule has 0 saturated heterocycles. The highest BCUT2D eigenvalue weighted by Crippen LogP contribution is 2.18. The Morgan fingerprint density at radius 2 is 1.96 bits per heavy atom. The van der Waals surface area contributed by atoms with E-state index in [9.17, 15) is 9.18 Å². The average molecular weight is 370 g/mol. The summed E-state index contributed by atoms with van der Waals surface area (Å²) in [5, 5.41) is 7.79. The second-order valence-corrected chi connectivity index (χ2v) is 6.20. The van der Waals surface area contributed by atoms with E-state index in [1.165, 1.54) is 18.2 Å². The summed E-state index contributed by atoms with van der Waals surface area (Å²) < 4.78 is 14.7. The first-order valence-corrected chi connectivity index (χ1v) is 8.41. The van der Waals surface area contributed by atoms with Gasteiger partial charge in [0.1, 0.15) is 5.82 Å². The van der Waals surface area contributed by atoms with Crippen molar-refractivity contribution >= 4 is 29.4 Å². The van der Waals surface area contributed by atoms with E-state index in [2.05, 4.69) is 10.4 Å². The summed E-state index contributed by atoms with van der Waals surface area (Å²) in [5.41, 5.74) is 2.60. The van der Waals surface area contributed by atoms with Crippen molar-refractivity contribution in [2.45, 2.75) is 13.5 Å². The molecule has 0 radical (unpaired) electrons. The van der Waals surface area contributed by atoms with Crippen molar-refractivity contribution < 1.29 is 9.18 Å². The van der Waals surface area contributed by atoms with Crippen molar-refractivity contribution in [3.8, 4) is 0 Å². The lowest BCUT2D eigenvalue weighted by Crippen LogP contribution is -2.09. The van der Waals surface area contributed by atoms with Crippen LogP contribution in [0.2, 0.25) is 5.02 Å². The third-order valence-electron chi connectivity index (χ3n) is 3.81. The number of nitrogens with one attached hydrogen (secondary N) is 1. The normalized spacial score (nSPS) is 11.0. The molecule has 0 saturated carbocycles. The van der Waals surface area contributed by atoms with Crippen LogP contribution in [0, 0.1) is 12.7 Å². The fourth-order valence-corrected chi connectivity index (χ4v) is 2.63. The van der Waals surface area contributed by atoms with Gasteiger partial charge in [-0.15, -0.1) is 0 Å². The van der Waals surface area contributed by atoms with Gasteiger partial charge in [-0.3, -0.25) is 9.48 Å². The third kappa shape index (κ3) is 4.58. The van der Waals surface area contributed by atoms with Crippen LogP contribution in [-0.4, -0.2) is 15.7 Å². The summed E-state index contributed by atoms with van der Waals surface area (Å²) in [6.45, 7) is 2.43. The molecule has 0 fully saturated rings. The first-order valence-electron chi connectivity index (χ1n) is 8.04. The standard InChI is InChI=1S/C20H17ClFN3O/c1-14-12-19(24-25(14)13-16-4-2-3-5-18(16)21)23-20(26)11-8-15-6-9-17(22)10-7-15/h2-12H,13H2,1H3,(H,23,24,26)/b11-8+. The van der Waals surface area contributed by atoms with Gasteiger partial charge in [-0.1, -0.05) is 41.9 Å². The number of rotatable bonds is 5. The van der Waals surface area contributed by atoms with E-state index in [1.807, 2.05) is 31.2 Å². The van der Waals surface area contributed by atoms with E-state index in [-0.39, 0.29) is 11.7 Å². The molecule has 132 valence electrons. The molecule has 4 nitrogen and oxygen atoms in total. The van der Waals surface area contributed by atoms with E-state index in [4.69, 9.17) is 11.6 Å². The number of amides is 1. The molecule has 26 heavy (non-hydrogen) atoms. The van der Waals surface area contributed by atoms with E-state index in [0.29, 0.717) is 17.4 Å². The predicted octanol–water partition coefficient (Wildman–Crippen LogP) is 4.68. The average Bonchev–Trinajstić information content (AvgIpc) is 2.95. The molecule has 0 aliphatic rings. The number of hydrogen-bond donors (Lipinski definition) is 1. The van der Waals surface area contributed by atoms with E-state index >= 15 is 0 Å². The van der Waals surface area contributed by atoms with Crippen LogP contribution in [0.5, 0.6) is 0 Å². The lowest BCUT2D eigenvalue weighted by molar-refractivity contribution is -0.111. The first-order chi connectivity index (χ1) is 12.5.